The Bertz CT molecular complexity index is 883. The number of methoxy groups -OCH3 is 1. The average Bonchev–Trinajstić information content (AvgIpc) is 3.52. The smallest absolute Gasteiger partial charge is 0.279 e. The number of hydrogen-bond acceptors (Lipinski definition) is 3. The summed E-state index contributed by atoms with van der Waals surface area (Å²) >= 11 is 0. The molecule has 0 aromatic heterocycles. The van der Waals surface area contributed by atoms with Crippen LogP contribution in [-0.4, -0.2) is 38.1 Å². The molecule has 0 aliphatic heterocycles. The third-order valence-corrected chi connectivity index (χ3v) is 4.94. The van der Waals surface area contributed by atoms with Gasteiger partial charge in [-0.05, 0) is 50.1 Å². The largest absolute Gasteiger partial charge is 0.494 e. The lowest BCUT2D eigenvalue weighted by molar-refractivity contribution is -0.903. The second-order valence-corrected chi connectivity index (χ2v) is 7.27. The Morgan fingerprint density at radius 1 is 1.21 bits per heavy atom. The quantitative estimate of drug-likeness (QED) is 0.601. The number of carbonyl (C=O) groups excluding carboxylic acids is 2. The molecule has 7 heteroatoms. The summed E-state index contributed by atoms with van der Waals surface area (Å²) in [4.78, 5) is 26.0. The Morgan fingerprint density at radius 3 is 2.62 bits per heavy atom. The van der Waals surface area contributed by atoms with Crippen LogP contribution in [0.15, 0.2) is 42.5 Å². The van der Waals surface area contributed by atoms with E-state index in [-0.39, 0.29) is 30.2 Å². The first-order valence-corrected chi connectivity index (χ1v) is 9.86. The van der Waals surface area contributed by atoms with Gasteiger partial charge in [0.05, 0.1) is 24.9 Å². The fraction of sp³-hybridized carbons (Fsp3) is 0.364. The van der Waals surface area contributed by atoms with Crippen LogP contribution in [0.4, 0.5) is 10.1 Å². The molecule has 1 unspecified atom stereocenters. The molecule has 1 saturated carbocycles. The Hall–Kier alpha value is -2.93. The Kier molecular flexibility index (Phi) is 6.82. The van der Waals surface area contributed by atoms with Crippen molar-refractivity contribution in [3.05, 3.63) is 59.4 Å². The van der Waals surface area contributed by atoms with Gasteiger partial charge in [0, 0.05) is 11.6 Å². The number of benzene rings is 2. The molecule has 3 rings (SSSR count). The highest BCUT2D eigenvalue weighted by atomic mass is 19.1. The van der Waals surface area contributed by atoms with Crippen molar-refractivity contribution in [2.24, 2.45) is 0 Å². The van der Waals surface area contributed by atoms with Crippen LogP contribution in [0, 0.1) is 5.82 Å². The van der Waals surface area contributed by atoms with Gasteiger partial charge in [-0.3, -0.25) is 9.59 Å². The fourth-order valence-electron chi connectivity index (χ4n) is 3.12. The molecule has 6 nitrogen and oxygen atoms in total. The number of halogens is 1. The van der Waals surface area contributed by atoms with E-state index >= 15 is 0 Å². The van der Waals surface area contributed by atoms with Gasteiger partial charge in [-0.1, -0.05) is 12.1 Å². The Morgan fingerprint density at radius 2 is 1.97 bits per heavy atom. The van der Waals surface area contributed by atoms with Crippen LogP contribution in [0.5, 0.6) is 5.75 Å². The summed E-state index contributed by atoms with van der Waals surface area (Å²) < 4.78 is 18.9. The van der Waals surface area contributed by atoms with Crippen LogP contribution in [0.2, 0.25) is 0 Å². The third kappa shape index (κ3) is 5.77. The number of rotatable bonds is 9. The monoisotopic (exact) mass is 400 g/mol. The van der Waals surface area contributed by atoms with E-state index in [1.54, 1.807) is 36.4 Å². The van der Waals surface area contributed by atoms with Gasteiger partial charge >= 0.3 is 0 Å². The lowest BCUT2D eigenvalue weighted by atomic mass is 10.1. The Balaban J connectivity index is 1.61. The van der Waals surface area contributed by atoms with Crippen molar-refractivity contribution in [3.8, 4) is 5.75 Å². The van der Waals surface area contributed by atoms with E-state index in [0.717, 1.165) is 23.3 Å². The normalized spacial score (nSPS) is 14.2. The van der Waals surface area contributed by atoms with Gasteiger partial charge in [0.15, 0.2) is 18.1 Å². The second-order valence-electron chi connectivity index (χ2n) is 7.27. The number of quaternary nitrogens is 1. The number of para-hydroxylation sites is 1. The van der Waals surface area contributed by atoms with Crippen LogP contribution in [0.3, 0.4) is 0 Å². The summed E-state index contributed by atoms with van der Waals surface area (Å²) in [6, 6.07) is 12.1. The van der Waals surface area contributed by atoms with Gasteiger partial charge in [0.1, 0.15) is 6.54 Å². The standard InChI is InChI=1S/C22H26FN3O3/c1-3-26(13-15-8-11-20(29-2)18(23)12-15)14-21(27)25-19-7-5-4-6-17(19)22(28)24-16-9-10-16/h4-8,11-12,16H,3,9-10,13-14H2,1-2H3,(H,24,28)(H,25,27)/p+1. The van der Waals surface area contributed by atoms with E-state index in [9.17, 15) is 14.0 Å². The topological polar surface area (TPSA) is 71.9 Å². The minimum atomic E-state index is -0.416. The highest BCUT2D eigenvalue weighted by molar-refractivity contribution is 6.04. The minimum absolute atomic E-state index is 0.170. The molecule has 2 amide bonds. The Labute approximate surface area is 170 Å². The lowest BCUT2D eigenvalue weighted by Crippen LogP contribution is -3.11. The van der Waals surface area contributed by atoms with Crippen molar-refractivity contribution in [1.29, 1.82) is 0 Å². The summed E-state index contributed by atoms with van der Waals surface area (Å²) in [7, 11) is 1.43. The molecule has 1 fully saturated rings. The van der Waals surface area contributed by atoms with Gasteiger partial charge in [0.25, 0.3) is 11.8 Å². The summed E-state index contributed by atoms with van der Waals surface area (Å²) in [5.41, 5.74) is 1.75. The molecule has 154 valence electrons. The van der Waals surface area contributed by atoms with E-state index in [0.29, 0.717) is 24.3 Å². The highest BCUT2D eigenvalue weighted by Crippen LogP contribution is 2.21. The SMILES string of the molecule is CC[NH+](CC(=O)Nc1ccccc1C(=O)NC1CC1)Cc1ccc(OC)c(F)c1. The first-order chi connectivity index (χ1) is 14.0. The highest BCUT2D eigenvalue weighted by Gasteiger charge is 2.25. The zero-order valence-corrected chi connectivity index (χ0v) is 16.8. The fourth-order valence-corrected chi connectivity index (χ4v) is 3.12. The van der Waals surface area contributed by atoms with Crippen LogP contribution >= 0.6 is 0 Å². The molecular weight excluding hydrogens is 373 g/mol. The maximum Gasteiger partial charge on any atom is 0.279 e. The minimum Gasteiger partial charge on any atom is -0.494 e. The molecule has 3 N–H and O–H groups in total. The number of likely N-dealkylation sites (N-methyl/N-ethyl adjacent to an activating group) is 1. The maximum absolute atomic E-state index is 13.9. The summed E-state index contributed by atoms with van der Waals surface area (Å²) in [5.74, 6) is -0.578. The average molecular weight is 400 g/mol. The van der Waals surface area contributed by atoms with E-state index in [2.05, 4.69) is 10.6 Å². The van der Waals surface area contributed by atoms with E-state index in [1.807, 2.05) is 6.92 Å². The number of nitrogens with one attached hydrogen (secondary N) is 3. The molecule has 1 atom stereocenters. The van der Waals surface area contributed by atoms with Gasteiger partial charge in [-0.15, -0.1) is 0 Å². The van der Waals surface area contributed by atoms with Gasteiger partial charge in [0.2, 0.25) is 0 Å². The summed E-state index contributed by atoms with van der Waals surface area (Å²) in [5, 5.41) is 5.79. The van der Waals surface area contributed by atoms with E-state index in [4.69, 9.17) is 4.74 Å². The zero-order chi connectivity index (χ0) is 20.8. The molecule has 2 aromatic rings. The first-order valence-electron chi connectivity index (χ1n) is 9.86. The summed E-state index contributed by atoms with van der Waals surface area (Å²) in [6.45, 7) is 3.39. The molecule has 0 radical (unpaired) electrons. The first kappa shape index (κ1) is 20.8. The molecular formula is C22H27FN3O3+. The van der Waals surface area contributed by atoms with Crippen molar-refractivity contribution >= 4 is 17.5 Å². The molecule has 0 spiro atoms. The van der Waals surface area contributed by atoms with Crippen molar-refractivity contribution in [3.63, 3.8) is 0 Å². The summed E-state index contributed by atoms with van der Waals surface area (Å²) in [6.07, 6.45) is 2.00. The lowest BCUT2D eigenvalue weighted by Gasteiger charge is -2.18. The molecule has 0 saturated heterocycles. The molecule has 1 aliphatic carbocycles. The van der Waals surface area contributed by atoms with Gasteiger partial charge in [-0.25, -0.2) is 4.39 Å². The van der Waals surface area contributed by atoms with Crippen LogP contribution in [-0.2, 0) is 11.3 Å². The van der Waals surface area contributed by atoms with Crippen LogP contribution in [0.1, 0.15) is 35.7 Å². The third-order valence-electron chi connectivity index (χ3n) is 4.94. The van der Waals surface area contributed by atoms with Crippen molar-refractivity contribution in [2.45, 2.75) is 32.4 Å². The van der Waals surface area contributed by atoms with Crippen molar-refractivity contribution in [2.75, 3.05) is 25.5 Å². The van der Waals surface area contributed by atoms with Gasteiger partial charge in [-0.2, -0.15) is 0 Å². The van der Waals surface area contributed by atoms with E-state index in [1.165, 1.54) is 13.2 Å². The molecule has 0 heterocycles. The zero-order valence-electron chi connectivity index (χ0n) is 16.8. The number of anilines is 1. The van der Waals surface area contributed by atoms with Gasteiger partial charge < -0.3 is 20.3 Å². The maximum atomic E-state index is 13.9. The molecule has 2 aromatic carbocycles. The molecule has 0 bridgehead atoms. The number of carbonyl (C=O) groups is 2. The number of ether oxygens (including phenoxy) is 1. The van der Waals surface area contributed by atoms with E-state index < -0.39 is 5.82 Å². The number of hydrogen-bond donors (Lipinski definition) is 3. The predicted octanol–water partition coefficient (Wildman–Crippen LogP) is 1.77. The molecule has 1 aliphatic rings. The molecule has 29 heavy (non-hydrogen) atoms. The second kappa shape index (κ2) is 9.52. The van der Waals surface area contributed by atoms with Crippen LogP contribution < -0.4 is 20.3 Å². The van der Waals surface area contributed by atoms with Crippen molar-refractivity contribution in [1.82, 2.24) is 5.32 Å². The van der Waals surface area contributed by atoms with Crippen LogP contribution in [0.25, 0.3) is 0 Å². The van der Waals surface area contributed by atoms with Crippen molar-refractivity contribution < 1.29 is 23.6 Å². The number of amides is 2. The predicted molar refractivity (Wildman–Crippen MR) is 109 cm³/mol.